The van der Waals surface area contributed by atoms with Crippen LogP contribution in [0.2, 0.25) is 0 Å². The van der Waals surface area contributed by atoms with Crippen molar-refractivity contribution in [2.75, 3.05) is 13.6 Å². The van der Waals surface area contributed by atoms with E-state index in [9.17, 15) is 13.2 Å². The smallest absolute Gasteiger partial charge is 0.382 e. The lowest BCUT2D eigenvalue weighted by atomic mass is 9.99. The summed E-state index contributed by atoms with van der Waals surface area (Å²) >= 11 is 0. The van der Waals surface area contributed by atoms with Gasteiger partial charge in [-0.05, 0) is 27.3 Å². The number of hydrogen-bond acceptors (Lipinski definition) is 2. The summed E-state index contributed by atoms with van der Waals surface area (Å²) in [7, 11) is 1.58. The molecule has 0 aliphatic heterocycles. The highest BCUT2D eigenvalue weighted by Gasteiger charge is 2.40. The highest BCUT2D eigenvalue weighted by molar-refractivity contribution is 4.80. The molecule has 5 heteroatoms. The van der Waals surface area contributed by atoms with Crippen LogP contribution in [-0.2, 0) is 0 Å². The van der Waals surface area contributed by atoms with E-state index >= 15 is 0 Å². The van der Waals surface area contributed by atoms with Crippen molar-refractivity contribution in [3.63, 3.8) is 0 Å². The molecule has 0 aromatic heterocycles. The van der Waals surface area contributed by atoms with Crippen molar-refractivity contribution in [2.24, 2.45) is 0 Å². The number of aliphatic hydroxyl groups is 1. The van der Waals surface area contributed by atoms with Crippen LogP contribution < -0.4 is 0 Å². The third-order valence-corrected chi connectivity index (χ3v) is 2.72. The van der Waals surface area contributed by atoms with Gasteiger partial charge in [0.1, 0.15) is 0 Å². The van der Waals surface area contributed by atoms with Gasteiger partial charge < -0.3 is 5.11 Å². The molecule has 0 bridgehead atoms. The van der Waals surface area contributed by atoms with Crippen molar-refractivity contribution in [3.05, 3.63) is 0 Å². The van der Waals surface area contributed by atoms with Gasteiger partial charge >= 0.3 is 6.18 Å². The van der Waals surface area contributed by atoms with Crippen molar-refractivity contribution < 1.29 is 18.3 Å². The first kappa shape index (κ1) is 13.7. The van der Waals surface area contributed by atoms with Gasteiger partial charge in [0.2, 0.25) is 0 Å². The van der Waals surface area contributed by atoms with Crippen LogP contribution >= 0.6 is 0 Å². The minimum absolute atomic E-state index is 0.327. The fourth-order valence-electron chi connectivity index (χ4n) is 0.880. The van der Waals surface area contributed by atoms with Gasteiger partial charge in [-0.15, -0.1) is 0 Å². The van der Waals surface area contributed by atoms with Gasteiger partial charge in [0.05, 0.1) is 0 Å². The number of halogens is 3. The molecule has 14 heavy (non-hydrogen) atoms. The molecule has 0 spiro atoms. The lowest BCUT2D eigenvalue weighted by Crippen LogP contribution is -2.48. The van der Waals surface area contributed by atoms with Crippen molar-refractivity contribution >= 4 is 0 Å². The summed E-state index contributed by atoms with van der Waals surface area (Å²) in [4.78, 5) is 1.52. The molecule has 0 amide bonds. The maximum atomic E-state index is 12.0. The quantitative estimate of drug-likeness (QED) is 0.772. The van der Waals surface area contributed by atoms with Crippen molar-refractivity contribution in [2.45, 2.75) is 45.0 Å². The van der Waals surface area contributed by atoms with Crippen molar-refractivity contribution in [3.8, 4) is 0 Å². The maximum Gasteiger partial charge on any atom is 0.415 e. The first-order valence-corrected chi connectivity index (χ1v) is 4.57. The molecular formula is C9H18F3NO. The number of β-amino-alcohol motifs (C(OH)–C–C–N with tert-alkyl or cyclic N) is 1. The van der Waals surface area contributed by atoms with Gasteiger partial charge in [-0.25, -0.2) is 0 Å². The lowest BCUT2D eigenvalue weighted by Gasteiger charge is -2.36. The fraction of sp³-hybridized carbons (Fsp3) is 1.00. The van der Waals surface area contributed by atoms with E-state index in [0.717, 1.165) is 6.42 Å². The molecule has 0 aliphatic carbocycles. The van der Waals surface area contributed by atoms with E-state index in [1.54, 1.807) is 7.05 Å². The van der Waals surface area contributed by atoms with E-state index in [4.69, 9.17) is 5.11 Å². The van der Waals surface area contributed by atoms with Crippen LogP contribution in [0.4, 0.5) is 13.2 Å². The van der Waals surface area contributed by atoms with E-state index in [0.29, 0.717) is 0 Å². The maximum absolute atomic E-state index is 12.0. The number of rotatable bonds is 4. The number of nitrogens with zero attached hydrogens (tertiary/aromatic N) is 1. The second kappa shape index (κ2) is 4.49. The van der Waals surface area contributed by atoms with Gasteiger partial charge in [0.15, 0.2) is 6.10 Å². The Morgan fingerprint density at radius 1 is 1.29 bits per heavy atom. The van der Waals surface area contributed by atoms with Gasteiger partial charge in [-0.1, -0.05) is 6.92 Å². The fourth-order valence-corrected chi connectivity index (χ4v) is 0.880. The molecule has 1 unspecified atom stereocenters. The third-order valence-electron chi connectivity index (χ3n) is 2.72. The van der Waals surface area contributed by atoms with Crippen LogP contribution in [0.3, 0.4) is 0 Å². The van der Waals surface area contributed by atoms with Crippen LogP contribution in [0.1, 0.15) is 27.2 Å². The molecule has 0 saturated heterocycles. The van der Waals surface area contributed by atoms with Gasteiger partial charge in [0.25, 0.3) is 0 Å². The van der Waals surface area contributed by atoms with Crippen LogP contribution in [0.15, 0.2) is 0 Å². The first-order valence-electron chi connectivity index (χ1n) is 4.57. The zero-order chi connectivity index (χ0) is 11.6. The zero-order valence-electron chi connectivity index (χ0n) is 9.02. The topological polar surface area (TPSA) is 23.5 Å². The van der Waals surface area contributed by atoms with E-state index in [1.807, 2.05) is 20.8 Å². The number of aliphatic hydroxyl groups excluding tert-OH is 1. The molecule has 0 saturated carbocycles. The second-order valence-corrected chi connectivity index (χ2v) is 4.10. The Balaban J connectivity index is 4.26. The van der Waals surface area contributed by atoms with Gasteiger partial charge in [-0.3, -0.25) is 4.90 Å². The standard InChI is InChI=1S/C9H18F3NO/c1-5-8(2,3)13(4)6-7(14)9(10,11)12/h7,14H,5-6H2,1-4H3. The molecule has 86 valence electrons. The molecule has 0 rings (SSSR count). The van der Waals surface area contributed by atoms with Crippen LogP contribution in [0.25, 0.3) is 0 Å². The summed E-state index contributed by atoms with van der Waals surface area (Å²) in [5, 5.41) is 8.85. The average Bonchev–Trinajstić information content (AvgIpc) is 2.02. The summed E-state index contributed by atoms with van der Waals surface area (Å²) in [6.07, 6.45) is -6.06. The Bertz CT molecular complexity index is 179. The van der Waals surface area contributed by atoms with Crippen LogP contribution in [0.5, 0.6) is 0 Å². The Hall–Kier alpha value is -0.290. The molecule has 0 radical (unpaired) electrons. The van der Waals surface area contributed by atoms with E-state index in [2.05, 4.69) is 0 Å². The molecule has 0 aliphatic rings. The summed E-state index contributed by atoms with van der Waals surface area (Å²) in [6, 6.07) is 0. The van der Waals surface area contributed by atoms with E-state index in [1.165, 1.54) is 4.90 Å². The lowest BCUT2D eigenvalue weighted by molar-refractivity contribution is -0.210. The normalized spacial score (nSPS) is 16.1. The van der Waals surface area contributed by atoms with E-state index in [-0.39, 0.29) is 12.1 Å². The Morgan fingerprint density at radius 3 is 2.00 bits per heavy atom. The first-order chi connectivity index (χ1) is 6.11. The molecule has 0 aromatic rings. The number of hydrogen-bond donors (Lipinski definition) is 1. The van der Waals surface area contributed by atoms with Crippen LogP contribution in [-0.4, -0.2) is 41.4 Å². The summed E-state index contributed by atoms with van der Waals surface area (Å²) < 4.78 is 36.1. The monoisotopic (exact) mass is 213 g/mol. The minimum Gasteiger partial charge on any atom is -0.382 e. The second-order valence-electron chi connectivity index (χ2n) is 4.10. The Kier molecular flexibility index (Phi) is 4.39. The Morgan fingerprint density at radius 2 is 1.71 bits per heavy atom. The van der Waals surface area contributed by atoms with Crippen molar-refractivity contribution in [1.82, 2.24) is 4.90 Å². The summed E-state index contributed by atoms with van der Waals surface area (Å²) in [5.74, 6) is 0. The predicted octanol–water partition coefficient (Wildman–Crippen LogP) is 2.03. The third kappa shape index (κ3) is 3.84. The molecule has 0 aromatic carbocycles. The predicted molar refractivity (Wildman–Crippen MR) is 49.1 cm³/mol. The summed E-state index contributed by atoms with van der Waals surface area (Å²) in [6.45, 7) is 5.20. The molecule has 2 nitrogen and oxygen atoms in total. The van der Waals surface area contributed by atoms with Crippen LogP contribution in [0, 0.1) is 0 Å². The highest BCUT2D eigenvalue weighted by atomic mass is 19.4. The molecule has 1 atom stereocenters. The van der Waals surface area contributed by atoms with E-state index < -0.39 is 12.3 Å². The molecule has 0 fully saturated rings. The highest BCUT2D eigenvalue weighted by Crippen LogP contribution is 2.23. The number of likely N-dealkylation sites (N-methyl/N-ethyl adjacent to an activating group) is 1. The van der Waals surface area contributed by atoms with Gasteiger partial charge in [0, 0.05) is 12.1 Å². The average molecular weight is 213 g/mol. The number of alkyl halides is 3. The minimum atomic E-state index is -4.53. The largest absolute Gasteiger partial charge is 0.415 e. The molecule has 1 N–H and O–H groups in total. The summed E-state index contributed by atoms with van der Waals surface area (Å²) in [5.41, 5.74) is -0.327. The molecule has 0 heterocycles. The van der Waals surface area contributed by atoms with Crippen molar-refractivity contribution in [1.29, 1.82) is 0 Å². The van der Waals surface area contributed by atoms with Gasteiger partial charge in [-0.2, -0.15) is 13.2 Å². The molecular weight excluding hydrogens is 195 g/mol. The Labute approximate surface area is 82.7 Å². The SMILES string of the molecule is CCC(C)(C)N(C)CC(O)C(F)(F)F. The zero-order valence-corrected chi connectivity index (χ0v) is 9.02.